The van der Waals surface area contributed by atoms with E-state index in [1.165, 1.54) is 0 Å². The van der Waals surface area contributed by atoms with Crippen molar-refractivity contribution in [3.05, 3.63) is 36.3 Å². The average molecular weight is 245 g/mol. The van der Waals surface area contributed by atoms with Crippen molar-refractivity contribution in [3.63, 3.8) is 0 Å². The van der Waals surface area contributed by atoms with Crippen LogP contribution in [0, 0.1) is 6.92 Å². The highest BCUT2D eigenvalue weighted by molar-refractivity contribution is 5.85. The van der Waals surface area contributed by atoms with E-state index in [4.69, 9.17) is 4.74 Å². The molecule has 1 heterocycles. The van der Waals surface area contributed by atoms with Gasteiger partial charge in [-0.2, -0.15) is 0 Å². The van der Waals surface area contributed by atoms with E-state index in [1.54, 1.807) is 13.3 Å². The standard InChI is InChI=1S/C13H15N3O2/c1-3-18-13(17)16-11-6-4-10(5-7-11)12-9(2)14-8-15-12/h4-8H,3H2,1-2H3,(H,14,15)(H,16,17). The molecule has 0 aliphatic carbocycles. The van der Waals surface area contributed by atoms with Gasteiger partial charge in [0.25, 0.3) is 0 Å². The first-order valence-electron chi connectivity index (χ1n) is 5.75. The maximum atomic E-state index is 11.2. The summed E-state index contributed by atoms with van der Waals surface area (Å²) in [5, 5.41) is 2.64. The number of anilines is 1. The second-order valence-electron chi connectivity index (χ2n) is 3.80. The van der Waals surface area contributed by atoms with Gasteiger partial charge in [0.15, 0.2) is 0 Å². The maximum absolute atomic E-state index is 11.2. The number of carbonyl (C=O) groups is 1. The molecule has 0 saturated carbocycles. The molecule has 0 aliphatic heterocycles. The summed E-state index contributed by atoms with van der Waals surface area (Å²) in [5.74, 6) is 0. The number of rotatable bonds is 3. The Morgan fingerprint density at radius 3 is 2.67 bits per heavy atom. The van der Waals surface area contributed by atoms with Gasteiger partial charge in [0.1, 0.15) is 0 Å². The van der Waals surface area contributed by atoms with E-state index in [-0.39, 0.29) is 0 Å². The average Bonchev–Trinajstić information content (AvgIpc) is 2.77. The van der Waals surface area contributed by atoms with Gasteiger partial charge in [-0.25, -0.2) is 9.78 Å². The van der Waals surface area contributed by atoms with E-state index in [9.17, 15) is 4.79 Å². The van der Waals surface area contributed by atoms with E-state index in [1.807, 2.05) is 31.2 Å². The Morgan fingerprint density at radius 1 is 1.39 bits per heavy atom. The minimum absolute atomic E-state index is 0.358. The summed E-state index contributed by atoms with van der Waals surface area (Å²) in [4.78, 5) is 18.5. The SMILES string of the molecule is CCOC(=O)Nc1ccc(-c2nc[nH]c2C)cc1. The summed E-state index contributed by atoms with van der Waals surface area (Å²) in [5.41, 5.74) is 3.63. The van der Waals surface area contributed by atoms with Gasteiger partial charge in [0.05, 0.1) is 18.6 Å². The lowest BCUT2D eigenvalue weighted by Gasteiger charge is -2.05. The lowest BCUT2D eigenvalue weighted by molar-refractivity contribution is 0.168. The Balaban J connectivity index is 2.11. The number of hydrogen-bond donors (Lipinski definition) is 2. The summed E-state index contributed by atoms with van der Waals surface area (Å²) < 4.78 is 4.80. The van der Waals surface area contributed by atoms with Crippen LogP contribution in [0.25, 0.3) is 11.3 Å². The summed E-state index contributed by atoms with van der Waals surface area (Å²) in [6, 6.07) is 7.45. The van der Waals surface area contributed by atoms with Gasteiger partial charge in [-0.15, -0.1) is 0 Å². The van der Waals surface area contributed by atoms with Crippen LogP contribution in [-0.4, -0.2) is 22.7 Å². The molecule has 0 bridgehead atoms. The summed E-state index contributed by atoms with van der Waals surface area (Å²) in [7, 11) is 0. The van der Waals surface area contributed by atoms with Gasteiger partial charge in [0.2, 0.25) is 0 Å². The van der Waals surface area contributed by atoms with Crippen molar-refractivity contribution in [1.29, 1.82) is 0 Å². The summed E-state index contributed by atoms with van der Waals surface area (Å²) in [6.45, 7) is 4.09. The van der Waals surface area contributed by atoms with Crippen LogP contribution in [0.15, 0.2) is 30.6 Å². The highest BCUT2D eigenvalue weighted by Crippen LogP contribution is 2.21. The summed E-state index contributed by atoms with van der Waals surface area (Å²) in [6.07, 6.45) is 1.22. The molecule has 5 nitrogen and oxygen atoms in total. The fourth-order valence-corrected chi connectivity index (χ4v) is 1.65. The first-order chi connectivity index (χ1) is 8.70. The van der Waals surface area contributed by atoms with Crippen LogP contribution in [0.2, 0.25) is 0 Å². The molecule has 94 valence electrons. The Kier molecular flexibility index (Phi) is 3.62. The highest BCUT2D eigenvalue weighted by Gasteiger charge is 2.05. The molecule has 1 aromatic heterocycles. The van der Waals surface area contributed by atoms with Crippen LogP contribution in [-0.2, 0) is 4.74 Å². The van der Waals surface area contributed by atoms with Gasteiger partial charge in [-0.05, 0) is 26.0 Å². The maximum Gasteiger partial charge on any atom is 0.411 e. The summed E-state index contributed by atoms with van der Waals surface area (Å²) >= 11 is 0. The van der Waals surface area contributed by atoms with Crippen molar-refractivity contribution in [1.82, 2.24) is 9.97 Å². The number of hydrogen-bond acceptors (Lipinski definition) is 3. The Labute approximate surface area is 105 Å². The quantitative estimate of drug-likeness (QED) is 0.873. The number of aryl methyl sites for hydroxylation is 1. The molecule has 0 radical (unpaired) electrons. The molecule has 1 amide bonds. The normalized spacial score (nSPS) is 10.1. The number of ether oxygens (including phenoxy) is 1. The van der Waals surface area contributed by atoms with E-state index in [0.717, 1.165) is 17.0 Å². The minimum atomic E-state index is -0.443. The van der Waals surface area contributed by atoms with Crippen molar-refractivity contribution < 1.29 is 9.53 Å². The third kappa shape index (κ3) is 2.68. The zero-order chi connectivity index (χ0) is 13.0. The van der Waals surface area contributed by atoms with Crippen LogP contribution in [0.5, 0.6) is 0 Å². The number of nitrogens with zero attached hydrogens (tertiary/aromatic N) is 1. The predicted octanol–water partition coefficient (Wildman–Crippen LogP) is 2.95. The number of carbonyl (C=O) groups excluding carboxylic acids is 1. The number of amides is 1. The topological polar surface area (TPSA) is 67.0 Å². The van der Waals surface area contributed by atoms with Crippen LogP contribution in [0.3, 0.4) is 0 Å². The van der Waals surface area contributed by atoms with Crippen molar-refractivity contribution in [2.45, 2.75) is 13.8 Å². The van der Waals surface area contributed by atoms with Crippen LogP contribution >= 0.6 is 0 Å². The Hall–Kier alpha value is -2.30. The van der Waals surface area contributed by atoms with Gasteiger partial charge < -0.3 is 9.72 Å². The van der Waals surface area contributed by atoms with Gasteiger partial charge >= 0.3 is 6.09 Å². The number of nitrogens with one attached hydrogen (secondary N) is 2. The van der Waals surface area contributed by atoms with E-state index in [0.29, 0.717) is 12.3 Å². The van der Waals surface area contributed by atoms with Gasteiger partial charge in [-0.3, -0.25) is 5.32 Å². The monoisotopic (exact) mass is 245 g/mol. The lowest BCUT2D eigenvalue weighted by Crippen LogP contribution is -2.13. The number of aromatic amines is 1. The van der Waals surface area contributed by atoms with Crippen molar-refractivity contribution in [2.75, 3.05) is 11.9 Å². The first kappa shape index (κ1) is 12.2. The Morgan fingerprint density at radius 2 is 2.11 bits per heavy atom. The molecule has 0 spiro atoms. The molecular formula is C13H15N3O2. The smallest absolute Gasteiger partial charge is 0.411 e. The molecule has 0 atom stereocenters. The third-order valence-corrected chi connectivity index (χ3v) is 2.51. The van der Waals surface area contributed by atoms with E-state index in [2.05, 4.69) is 15.3 Å². The van der Waals surface area contributed by atoms with Crippen molar-refractivity contribution in [3.8, 4) is 11.3 Å². The molecule has 18 heavy (non-hydrogen) atoms. The minimum Gasteiger partial charge on any atom is -0.450 e. The number of imidazole rings is 1. The molecule has 5 heteroatoms. The highest BCUT2D eigenvalue weighted by atomic mass is 16.5. The molecule has 1 aromatic carbocycles. The van der Waals surface area contributed by atoms with E-state index >= 15 is 0 Å². The van der Waals surface area contributed by atoms with Crippen LogP contribution < -0.4 is 5.32 Å². The van der Waals surface area contributed by atoms with Gasteiger partial charge in [-0.1, -0.05) is 12.1 Å². The molecule has 0 aliphatic rings. The second kappa shape index (κ2) is 5.35. The van der Waals surface area contributed by atoms with Crippen molar-refractivity contribution in [2.24, 2.45) is 0 Å². The number of H-pyrrole nitrogens is 1. The zero-order valence-corrected chi connectivity index (χ0v) is 10.4. The lowest BCUT2D eigenvalue weighted by atomic mass is 10.1. The van der Waals surface area contributed by atoms with Crippen molar-refractivity contribution >= 4 is 11.8 Å². The number of benzene rings is 1. The Bertz CT molecular complexity index is 531. The predicted molar refractivity (Wildman–Crippen MR) is 69.4 cm³/mol. The first-order valence-corrected chi connectivity index (χ1v) is 5.75. The fraction of sp³-hybridized carbons (Fsp3) is 0.231. The molecular weight excluding hydrogens is 230 g/mol. The van der Waals surface area contributed by atoms with Gasteiger partial charge in [0, 0.05) is 16.9 Å². The third-order valence-electron chi connectivity index (χ3n) is 2.51. The van der Waals surface area contributed by atoms with Crippen LogP contribution in [0.4, 0.5) is 10.5 Å². The van der Waals surface area contributed by atoms with E-state index < -0.39 is 6.09 Å². The molecule has 2 N–H and O–H groups in total. The van der Waals surface area contributed by atoms with Crippen LogP contribution in [0.1, 0.15) is 12.6 Å². The molecule has 2 aromatic rings. The molecule has 0 fully saturated rings. The fourth-order valence-electron chi connectivity index (χ4n) is 1.65. The molecule has 2 rings (SSSR count). The largest absolute Gasteiger partial charge is 0.450 e. The number of aromatic nitrogens is 2. The molecule has 0 saturated heterocycles. The molecule has 0 unspecified atom stereocenters. The second-order valence-corrected chi connectivity index (χ2v) is 3.80. The zero-order valence-electron chi connectivity index (χ0n) is 10.4.